The molecular weight excluding hydrogens is 274 g/mol. The van der Waals surface area contributed by atoms with Crippen LogP contribution in [0.4, 0.5) is 0 Å². The molecule has 0 radical (unpaired) electrons. The van der Waals surface area contributed by atoms with Crippen molar-refractivity contribution in [1.29, 1.82) is 0 Å². The van der Waals surface area contributed by atoms with Gasteiger partial charge in [0.2, 0.25) is 0 Å². The number of hydrogen-bond donors (Lipinski definition) is 2. The minimum atomic E-state index is -0.531. The van der Waals surface area contributed by atoms with Gasteiger partial charge in [-0.15, -0.1) is 0 Å². The molecule has 0 heterocycles. The Hall–Kier alpha value is -1.84. The highest BCUT2D eigenvalue weighted by molar-refractivity contribution is 5.27. The van der Waals surface area contributed by atoms with E-state index in [1.807, 2.05) is 30.3 Å². The van der Waals surface area contributed by atoms with Crippen molar-refractivity contribution < 1.29 is 9.84 Å². The quantitative estimate of drug-likeness (QED) is 0.785. The molecule has 3 nitrogen and oxygen atoms in total. The highest BCUT2D eigenvalue weighted by Gasteiger charge is 2.09. The molecule has 2 N–H and O–H groups in total. The maximum absolute atomic E-state index is 10.0. The molecule has 0 bridgehead atoms. The summed E-state index contributed by atoms with van der Waals surface area (Å²) < 4.78 is 5.62. The van der Waals surface area contributed by atoms with Crippen LogP contribution in [0, 0.1) is 0 Å². The number of nitrogens with one attached hydrogen (secondary N) is 1. The second-order valence-electron chi connectivity index (χ2n) is 5.50. The van der Waals surface area contributed by atoms with E-state index in [1.165, 1.54) is 11.1 Å². The predicted octanol–water partition coefficient (Wildman–Crippen LogP) is 3.34. The molecular formula is C19H25NO2. The third kappa shape index (κ3) is 5.17. The highest BCUT2D eigenvalue weighted by atomic mass is 16.5. The van der Waals surface area contributed by atoms with Gasteiger partial charge in [-0.2, -0.15) is 0 Å². The summed E-state index contributed by atoms with van der Waals surface area (Å²) in [4.78, 5) is 0. The third-order valence-electron chi connectivity index (χ3n) is 3.73. The Morgan fingerprint density at radius 2 is 1.73 bits per heavy atom. The molecule has 0 aliphatic heterocycles. The number of aryl methyl sites for hydroxylation is 1. The van der Waals surface area contributed by atoms with E-state index in [4.69, 9.17) is 4.74 Å². The van der Waals surface area contributed by atoms with Crippen molar-refractivity contribution >= 4 is 0 Å². The predicted molar refractivity (Wildman–Crippen MR) is 90.2 cm³/mol. The van der Waals surface area contributed by atoms with Gasteiger partial charge >= 0.3 is 0 Å². The fraction of sp³-hybridized carbons (Fsp3) is 0.368. The maximum Gasteiger partial charge on any atom is 0.119 e. The van der Waals surface area contributed by atoms with Crippen molar-refractivity contribution in [3.63, 3.8) is 0 Å². The largest absolute Gasteiger partial charge is 0.491 e. The standard InChI is InChI=1S/C19H25NO2/c1-3-16-9-11-19(12-10-16)22-14-18(21)13-20-15(2)17-7-5-4-6-8-17/h4-12,15,18,20-21H,3,13-14H2,1-2H3. The van der Waals surface area contributed by atoms with E-state index in [1.54, 1.807) is 0 Å². The normalized spacial score (nSPS) is 13.6. The molecule has 0 aliphatic carbocycles. The van der Waals surface area contributed by atoms with Crippen LogP contribution in [-0.2, 0) is 6.42 Å². The van der Waals surface area contributed by atoms with Gasteiger partial charge in [-0.1, -0.05) is 49.4 Å². The van der Waals surface area contributed by atoms with Crippen molar-refractivity contribution in [2.24, 2.45) is 0 Å². The summed E-state index contributed by atoms with van der Waals surface area (Å²) in [6.45, 7) is 5.01. The first kappa shape index (κ1) is 16.5. The Bertz CT molecular complexity index is 539. The fourth-order valence-electron chi connectivity index (χ4n) is 2.25. The fourth-order valence-corrected chi connectivity index (χ4v) is 2.25. The van der Waals surface area contributed by atoms with Gasteiger partial charge in [-0.25, -0.2) is 0 Å². The summed E-state index contributed by atoms with van der Waals surface area (Å²) in [5, 5.41) is 13.3. The lowest BCUT2D eigenvalue weighted by Crippen LogP contribution is -2.33. The van der Waals surface area contributed by atoms with Crippen molar-refractivity contribution in [2.75, 3.05) is 13.2 Å². The minimum absolute atomic E-state index is 0.208. The zero-order valence-corrected chi connectivity index (χ0v) is 13.3. The average molecular weight is 299 g/mol. The number of rotatable bonds is 8. The Kier molecular flexibility index (Phi) is 6.44. The van der Waals surface area contributed by atoms with Gasteiger partial charge in [0.1, 0.15) is 18.5 Å². The van der Waals surface area contributed by atoms with E-state index in [9.17, 15) is 5.11 Å². The lowest BCUT2D eigenvalue weighted by Gasteiger charge is -2.18. The summed E-state index contributed by atoms with van der Waals surface area (Å²) in [7, 11) is 0. The Morgan fingerprint density at radius 3 is 2.36 bits per heavy atom. The number of aliphatic hydroxyl groups is 1. The molecule has 118 valence electrons. The third-order valence-corrected chi connectivity index (χ3v) is 3.73. The lowest BCUT2D eigenvalue weighted by molar-refractivity contribution is 0.104. The minimum Gasteiger partial charge on any atom is -0.491 e. The SMILES string of the molecule is CCc1ccc(OCC(O)CNC(C)c2ccccc2)cc1. The van der Waals surface area contributed by atoms with Crippen LogP contribution in [0.25, 0.3) is 0 Å². The second kappa shape index (κ2) is 8.57. The zero-order chi connectivity index (χ0) is 15.8. The van der Waals surface area contributed by atoms with Crippen LogP contribution in [0.3, 0.4) is 0 Å². The Balaban J connectivity index is 1.72. The topological polar surface area (TPSA) is 41.5 Å². The zero-order valence-electron chi connectivity index (χ0n) is 13.3. The van der Waals surface area contributed by atoms with Crippen LogP contribution in [0.1, 0.15) is 31.0 Å². The number of hydrogen-bond acceptors (Lipinski definition) is 3. The molecule has 2 atom stereocenters. The second-order valence-corrected chi connectivity index (χ2v) is 5.50. The molecule has 0 saturated heterocycles. The van der Waals surface area contributed by atoms with E-state index in [0.29, 0.717) is 13.2 Å². The van der Waals surface area contributed by atoms with Crippen molar-refractivity contribution in [2.45, 2.75) is 32.4 Å². The molecule has 2 rings (SSSR count). The summed E-state index contributed by atoms with van der Waals surface area (Å²) in [6, 6.07) is 18.4. The lowest BCUT2D eigenvalue weighted by atomic mass is 10.1. The van der Waals surface area contributed by atoms with Crippen molar-refractivity contribution in [3.05, 3.63) is 65.7 Å². The molecule has 2 aromatic rings. The van der Waals surface area contributed by atoms with Gasteiger partial charge in [0, 0.05) is 12.6 Å². The molecule has 2 aromatic carbocycles. The first-order valence-corrected chi connectivity index (χ1v) is 7.87. The van der Waals surface area contributed by atoms with Gasteiger partial charge in [0.25, 0.3) is 0 Å². The van der Waals surface area contributed by atoms with Crippen LogP contribution in [0.15, 0.2) is 54.6 Å². The van der Waals surface area contributed by atoms with Gasteiger partial charge in [0.15, 0.2) is 0 Å². The molecule has 0 saturated carbocycles. The molecule has 2 unspecified atom stereocenters. The summed E-state index contributed by atoms with van der Waals surface area (Å²) in [5.41, 5.74) is 2.50. The molecule has 0 amide bonds. The van der Waals surface area contributed by atoms with Crippen LogP contribution < -0.4 is 10.1 Å². The van der Waals surface area contributed by atoms with E-state index in [0.717, 1.165) is 12.2 Å². The number of ether oxygens (including phenoxy) is 1. The Morgan fingerprint density at radius 1 is 1.05 bits per heavy atom. The van der Waals surface area contributed by atoms with Gasteiger partial charge in [-0.05, 0) is 36.6 Å². The maximum atomic E-state index is 10.0. The smallest absolute Gasteiger partial charge is 0.119 e. The molecule has 3 heteroatoms. The van der Waals surface area contributed by atoms with Gasteiger partial charge in [-0.3, -0.25) is 0 Å². The number of aliphatic hydroxyl groups excluding tert-OH is 1. The van der Waals surface area contributed by atoms with Crippen molar-refractivity contribution in [3.8, 4) is 5.75 Å². The number of benzene rings is 2. The Labute approximate surface area is 133 Å². The van der Waals surface area contributed by atoms with E-state index >= 15 is 0 Å². The molecule has 0 aliphatic rings. The van der Waals surface area contributed by atoms with Crippen LogP contribution in [0.5, 0.6) is 5.75 Å². The molecule has 22 heavy (non-hydrogen) atoms. The van der Waals surface area contributed by atoms with Crippen molar-refractivity contribution in [1.82, 2.24) is 5.32 Å². The first-order valence-electron chi connectivity index (χ1n) is 7.87. The van der Waals surface area contributed by atoms with Gasteiger partial charge in [0.05, 0.1) is 0 Å². The van der Waals surface area contributed by atoms with E-state index < -0.39 is 6.10 Å². The molecule has 0 fully saturated rings. The molecule has 0 aromatic heterocycles. The van der Waals surface area contributed by atoms with E-state index in [-0.39, 0.29) is 6.04 Å². The van der Waals surface area contributed by atoms with E-state index in [2.05, 4.69) is 43.4 Å². The monoisotopic (exact) mass is 299 g/mol. The van der Waals surface area contributed by atoms with Crippen LogP contribution in [0.2, 0.25) is 0 Å². The van der Waals surface area contributed by atoms with Crippen LogP contribution in [-0.4, -0.2) is 24.4 Å². The summed E-state index contributed by atoms with van der Waals surface area (Å²) in [5.74, 6) is 0.798. The van der Waals surface area contributed by atoms with Gasteiger partial charge < -0.3 is 15.2 Å². The van der Waals surface area contributed by atoms with Crippen LogP contribution >= 0.6 is 0 Å². The molecule has 0 spiro atoms. The summed E-state index contributed by atoms with van der Waals surface area (Å²) in [6.07, 6.45) is 0.488. The summed E-state index contributed by atoms with van der Waals surface area (Å²) >= 11 is 0. The average Bonchev–Trinajstić information content (AvgIpc) is 2.59. The first-order chi connectivity index (χ1) is 10.7. The highest BCUT2D eigenvalue weighted by Crippen LogP contribution is 2.13.